The minimum atomic E-state index is 0.199. The minimum Gasteiger partial charge on any atom is -0.396 e. The number of hydrogen-bond donors (Lipinski definition) is 1. The van der Waals surface area contributed by atoms with Crippen molar-refractivity contribution >= 4 is 17.2 Å². The van der Waals surface area contributed by atoms with E-state index in [0.717, 1.165) is 32.5 Å². The van der Waals surface area contributed by atoms with E-state index in [4.69, 9.17) is 0 Å². The second kappa shape index (κ2) is 8.27. The Morgan fingerprint density at radius 3 is 2.74 bits per heavy atom. The highest BCUT2D eigenvalue weighted by Gasteiger charge is 2.30. The summed E-state index contributed by atoms with van der Waals surface area (Å²) in [5.74, 6) is 1.02. The number of aliphatic hydroxyl groups excluding tert-OH is 1. The lowest BCUT2D eigenvalue weighted by molar-refractivity contribution is -0.134. The average Bonchev–Trinajstić information content (AvgIpc) is 3.25. The van der Waals surface area contributed by atoms with Gasteiger partial charge < -0.3 is 14.9 Å². The van der Waals surface area contributed by atoms with E-state index in [1.165, 1.54) is 31.5 Å². The second-order valence-corrected chi connectivity index (χ2v) is 7.87. The van der Waals surface area contributed by atoms with Gasteiger partial charge in [-0.05, 0) is 73.0 Å². The maximum atomic E-state index is 12.6. The Kier molecular flexibility index (Phi) is 6.08. The van der Waals surface area contributed by atoms with Gasteiger partial charge in [0.2, 0.25) is 5.91 Å². The molecule has 0 spiro atoms. The number of carbonyl (C=O) groups is 1. The van der Waals surface area contributed by atoms with E-state index in [9.17, 15) is 9.90 Å². The van der Waals surface area contributed by atoms with E-state index in [0.29, 0.717) is 12.3 Å². The number of likely N-dealkylation sites (tertiary alicyclic amines) is 2. The van der Waals surface area contributed by atoms with Crippen molar-refractivity contribution in [2.24, 2.45) is 11.8 Å². The number of rotatable bonds is 6. The molecule has 5 heteroatoms. The van der Waals surface area contributed by atoms with Crippen LogP contribution >= 0.6 is 11.3 Å². The third-order valence-electron chi connectivity index (χ3n) is 5.16. The topological polar surface area (TPSA) is 43.8 Å². The zero-order valence-corrected chi connectivity index (χ0v) is 14.6. The first kappa shape index (κ1) is 16.9. The number of hydrogen-bond acceptors (Lipinski definition) is 4. The predicted octanol–water partition coefficient (Wildman–Crippen LogP) is 2.23. The zero-order chi connectivity index (χ0) is 16.1. The predicted molar refractivity (Wildman–Crippen MR) is 93.6 cm³/mol. The number of carbonyl (C=O) groups excluding carboxylic acids is 1. The lowest BCUT2D eigenvalue weighted by Gasteiger charge is -2.38. The van der Waals surface area contributed by atoms with Crippen molar-refractivity contribution < 1.29 is 9.90 Å². The molecule has 128 valence electrons. The normalized spacial score (nSPS) is 25.9. The molecule has 23 heavy (non-hydrogen) atoms. The molecular formula is C18H28N2O2S. The zero-order valence-electron chi connectivity index (χ0n) is 13.8. The number of aliphatic hydroxyl groups is 1. The van der Waals surface area contributed by atoms with Crippen LogP contribution in [0.2, 0.25) is 0 Å². The first-order valence-electron chi connectivity index (χ1n) is 8.86. The van der Waals surface area contributed by atoms with Crippen LogP contribution in [0.3, 0.4) is 0 Å². The van der Waals surface area contributed by atoms with Crippen LogP contribution < -0.4 is 0 Å². The fourth-order valence-corrected chi connectivity index (χ4v) is 4.66. The van der Waals surface area contributed by atoms with Crippen LogP contribution in [0.4, 0.5) is 0 Å². The molecule has 3 heterocycles. The fraction of sp³-hybridized carbons (Fsp3) is 0.722. The second-order valence-electron chi connectivity index (χ2n) is 7.09. The largest absolute Gasteiger partial charge is 0.396 e. The maximum absolute atomic E-state index is 12.6. The third kappa shape index (κ3) is 4.78. The van der Waals surface area contributed by atoms with Crippen molar-refractivity contribution in [2.75, 3.05) is 39.3 Å². The highest BCUT2D eigenvalue weighted by atomic mass is 32.1. The van der Waals surface area contributed by atoms with E-state index < -0.39 is 0 Å². The monoisotopic (exact) mass is 336 g/mol. The van der Waals surface area contributed by atoms with E-state index in [-0.39, 0.29) is 18.4 Å². The third-order valence-corrected chi connectivity index (χ3v) is 5.89. The Morgan fingerprint density at radius 2 is 2.04 bits per heavy atom. The summed E-state index contributed by atoms with van der Waals surface area (Å²) < 4.78 is 0. The molecule has 1 aromatic rings. The summed E-state index contributed by atoms with van der Waals surface area (Å²) in [5, 5.41) is 13.8. The van der Waals surface area contributed by atoms with Crippen LogP contribution in [-0.4, -0.2) is 60.1 Å². The standard InChI is InChI=1S/C18H28N2O2S/c21-13-17-9-16(10-19-6-1-2-7-19)11-20(12-17)18(22)4-3-15-5-8-23-14-15/h5,8,14,16-17,21H,1-4,6-7,9-13H2/t16-,17-/m0/s1. The molecule has 0 unspecified atom stereocenters. The molecule has 1 aromatic heterocycles. The van der Waals surface area contributed by atoms with Crippen molar-refractivity contribution in [3.63, 3.8) is 0 Å². The molecule has 0 radical (unpaired) electrons. The molecular weight excluding hydrogens is 308 g/mol. The highest BCUT2D eigenvalue weighted by molar-refractivity contribution is 7.07. The van der Waals surface area contributed by atoms with Crippen molar-refractivity contribution in [1.82, 2.24) is 9.80 Å². The van der Waals surface area contributed by atoms with Crippen LogP contribution in [-0.2, 0) is 11.2 Å². The number of piperidine rings is 1. The van der Waals surface area contributed by atoms with Crippen LogP contribution in [0.15, 0.2) is 16.8 Å². The highest BCUT2D eigenvalue weighted by Crippen LogP contribution is 2.25. The van der Waals surface area contributed by atoms with Gasteiger partial charge in [0.1, 0.15) is 0 Å². The summed E-state index contributed by atoms with van der Waals surface area (Å²) in [5.41, 5.74) is 1.26. The van der Waals surface area contributed by atoms with E-state index in [1.807, 2.05) is 4.90 Å². The van der Waals surface area contributed by atoms with Crippen LogP contribution in [0.1, 0.15) is 31.2 Å². The molecule has 1 N–H and O–H groups in total. The van der Waals surface area contributed by atoms with Crippen molar-refractivity contribution in [2.45, 2.75) is 32.1 Å². The number of thiophene rings is 1. The van der Waals surface area contributed by atoms with Crippen molar-refractivity contribution in [1.29, 1.82) is 0 Å². The number of amides is 1. The Morgan fingerprint density at radius 1 is 1.26 bits per heavy atom. The van der Waals surface area contributed by atoms with Gasteiger partial charge in [0.05, 0.1) is 0 Å². The summed E-state index contributed by atoms with van der Waals surface area (Å²) in [6.45, 7) is 5.29. The summed E-state index contributed by atoms with van der Waals surface area (Å²) >= 11 is 1.69. The summed E-state index contributed by atoms with van der Waals surface area (Å²) in [4.78, 5) is 17.1. The molecule has 1 amide bonds. The van der Waals surface area contributed by atoms with Crippen molar-refractivity contribution in [3.05, 3.63) is 22.4 Å². The lowest BCUT2D eigenvalue weighted by Crippen LogP contribution is -2.47. The Balaban J connectivity index is 1.52. The van der Waals surface area contributed by atoms with E-state index in [2.05, 4.69) is 21.7 Å². The summed E-state index contributed by atoms with van der Waals surface area (Å²) in [6.07, 6.45) is 5.09. The molecule has 0 saturated carbocycles. The van der Waals surface area contributed by atoms with Gasteiger partial charge in [-0.15, -0.1) is 0 Å². The fourth-order valence-electron chi connectivity index (χ4n) is 3.96. The smallest absolute Gasteiger partial charge is 0.222 e. The van der Waals surface area contributed by atoms with E-state index in [1.54, 1.807) is 11.3 Å². The SMILES string of the molecule is O=C(CCc1ccsc1)N1C[C@@H](CO)C[C@@H](CN2CCCC2)C1. The molecule has 4 nitrogen and oxygen atoms in total. The van der Waals surface area contributed by atoms with Gasteiger partial charge in [0.25, 0.3) is 0 Å². The van der Waals surface area contributed by atoms with Crippen LogP contribution in [0.5, 0.6) is 0 Å². The molecule has 2 fully saturated rings. The average molecular weight is 337 g/mol. The molecule has 2 aliphatic heterocycles. The molecule has 0 aromatic carbocycles. The first-order chi connectivity index (χ1) is 11.2. The quantitative estimate of drug-likeness (QED) is 0.866. The maximum Gasteiger partial charge on any atom is 0.222 e. The number of nitrogens with zero attached hydrogens (tertiary/aromatic N) is 2. The first-order valence-corrected chi connectivity index (χ1v) is 9.81. The minimum absolute atomic E-state index is 0.199. The molecule has 2 aliphatic rings. The Labute approximate surface area is 143 Å². The van der Waals surface area contributed by atoms with E-state index >= 15 is 0 Å². The van der Waals surface area contributed by atoms with Gasteiger partial charge in [-0.3, -0.25) is 4.79 Å². The van der Waals surface area contributed by atoms with Gasteiger partial charge in [-0.1, -0.05) is 0 Å². The Bertz CT molecular complexity index is 485. The molecule has 3 rings (SSSR count). The molecule has 0 bridgehead atoms. The Hall–Kier alpha value is -0.910. The molecule has 2 saturated heterocycles. The van der Waals surface area contributed by atoms with Gasteiger partial charge in [0, 0.05) is 32.7 Å². The van der Waals surface area contributed by atoms with Gasteiger partial charge in [-0.25, -0.2) is 0 Å². The van der Waals surface area contributed by atoms with Crippen LogP contribution in [0.25, 0.3) is 0 Å². The lowest BCUT2D eigenvalue weighted by atomic mass is 9.89. The van der Waals surface area contributed by atoms with Gasteiger partial charge >= 0.3 is 0 Å². The summed E-state index contributed by atoms with van der Waals surface area (Å²) in [6, 6.07) is 2.10. The van der Waals surface area contributed by atoms with Crippen LogP contribution in [0, 0.1) is 11.8 Å². The summed E-state index contributed by atoms with van der Waals surface area (Å²) in [7, 11) is 0. The van der Waals surface area contributed by atoms with Crippen molar-refractivity contribution in [3.8, 4) is 0 Å². The number of aryl methyl sites for hydroxylation is 1. The molecule has 2 atom stereocenters. The molecule has 0 aliphatic carbocycles. The van der Waals surface area contributed by atoms with Gasteiger partial charge in [0.15, 0.2) is 0 Å². The van der Waals surface area contributed by atoms with Gasteiger partial charge in [-0.2, -0.15) is 11.3 Å².